The standard InChI is InChI=1S/C21H21N3O/c1-14-19(21(22)25)20(17-9-5-6-10-18(17)23-14)24-12-11-16(13-24)15-7-3-2-4-8-15/h2-10,16H,11-13H2,1H3,(H2,22,25)/t16-/m1/s1. The van der Waals surface area contributed by atoms with E-state index in [-0.39, 0.29) is 0 Å². The van der Waals surface area contributed by atoms with E-state index in [0.29, 0.717) is 17.2 Å². The molecule has 0 spiro atoms. The first kappa shape index (κ1) is 15.6. The number of nitrogens with zero attached hydrogens (tertiary/aromatic N) is 2. The van der Waals surface area contributed by atoms with Gasteiger partial charge >= 0.3 is 0 Å². The van der Waals surface area contributed by atoms with E-state index >= 15 is 0 Å². The summed E-state index contributed by atoms with van der Waals surface area (Å²) in [5.41, 5.74) is 10.2. The molecule has 0 radical (unpaired) electrons. The summed E-state index contributed by atoms with van der Waals surface area (Å²) in [7, 11) is 0. The Bertz CT molecular complexity index is 937. The van der Waals surface area contributed by atoms with Gasteiger partial charge in [0.1, 0.15) is 0 Å². The molecule has 3 aromatic rings. The molecule has 25 heavy (non-hydrogen) atoms. The van der Waals surface area contributed by atoms with Crippen LogP contribution < -0.4 is 10.6 Å². The van der Waals surface area contributed by atoms with Gasteiger partial charge in [-0.05, 0) is 25.0 Å². The first-order valence-electron chi connectivity index (χ1n) is 8.64. The highest BCUT2D eigenvalue weighted by Crippen LogP contribution is 2.37. The minimum absolute atomic E-state index is 0.408. The van der Waals surface area contributed by atoms with E-state index in [1.807, 2.05) is 37.3 Å². The molecule has 2 N–H and O–H groups in total. The van der Waals surface area contributed by atoms with Crippen LogP contribution in [0.4, 0.5) is 5.69 Å². The Morgan fingerprint density at radius 1 is 1.12 bits per heavy atom. The van der Waals surface area contributed by atoms with Crippen LogP contribution >= 0.6 is 0 Å². The van der Waals surface area contributed by atoms with Crippen molar-refractivity contribution >= 4 is 22.5 Å². The molecule has 0 bridgehead atoms. The second-order valence-electron chi connectivity index (χ2n) is 6.64. The topological polar surface area (TPSA) is 59.2 Å². The molecule has 1 aliphatic rings. The number of hydrogen-bond acceptors (Lipinski definition) is 3. The lowest BCUT2D eigenvalue weighted by atomic mass is 9.98. The monoisotopic (exact) mass is 331 g/mol. The number of carbonyl (C=O) groups excluding carboxylic acids is 1. The van der Waals surface area contributed by atoms with E-state index in [2.05, 4.69) is 34.1 Å². The van der Waals surface area contributed by atoms with Crippen molar-refractivity contribution in [3.8, 4) is 0 Å². The van der Waals surface area contributed by atoms with Crippen LogP contribution in [0.1, 0.15) is 34.0 Å². The number of rotatable bonds is 3. The van der Waals surface area contributed by atoms with Gasteiger partial charge in [-0.15, -0.1) is 0 Å². The van der Waals surface area contributed by atoms with Gasteiger partial charge in [-0.25, -0.2) is 0 Å². The van der Waals surface area contributed by atoms with Crippen molar-refractivity contribution in [1.82, 2.24) is 4.98 Å². The molecule has 1 amide bonds. The number of anilines is 1. The Hall–Kier alpha value is -2.88. The fourth-order valence-electron chi connectivity index (χ4n) is 3.90. The summed E-state index contributed by atoms with van der Waals surface area (Å²) >= 11 is 0. The molecule has 1 fully saturated rings. The van der Waals surface area contributed by atoms with Crippen molar-refractivity contribution in [2.45, 2.75) is 19.3 Å². The maximum atomic E-state index is 12.2. The fraction of sp³-hybridized carbons (Fsp3) is 0.238. The zero-order chi connectivity index (χ0) is 17.4. The zero-order valence-corrected chi connectivity index (χ0v) is 14.3. The molecule has 0 aliphatic carbocycles. The van der Waals surface area contributed by atoms with Crippen LogP contribution in [-0.4, -0.2) is 24.0 Å². The lowest BCUT2D eigenvalue weighted by Crippen LogP contribution is -2.25. The summed E-state index contributed by atoms with van der Waals surface area (Å²) in [6.45, 7) is 3.66. The van der Waals surface area contributed by atoms with Crippen molar-refractivity contribution in [2.75, 3.05) is 18.0 Å². The van der Waals surface area contributed by atoms with Crippen LogP contribution in [0.25, 0.3) is 10.9 Å². The highest BCUT2D eigenvalue weighted by Gasteiger charge is 2.29. The normalized spacial score (nSPS) is 17.2. The average Bonchev–Trinajstić information content (AvgIpc) is 3.10. The summed E-state index contributed by atoms with van der Waals surface area (Å²) in [5.74, 6) is 0.0584. The van der Waals surface area contributed by atoms with Gasteiger partial charge in [-0.2, -0.15) is 0 Å². The van der Waals surface area contributed by atoms with Crippen LogP contribution in [0.5, 0.6) is 0 Å². The molecule has 2 aromatic carbocycles. The third-order valence-electron chi connectivity index (χ3n) is 5.07. The van der Waals surface area contributed by atoms with Crippen molar-refractivity contribution in [2.24, 2.45) is 5.73 Å². The van der Waals surface area contributed by atoms with Gasteiger partial charge < -0.3 is 10.6 Å². The number of carbonyl (C=O) groups is 1. The highest BCUT2D eigenvalue weighted by molar-refractivity contribution is 6.08. The molecule has 2 heterocycles. The minimum Gasteiger partial charge on any atom is -0.370 e. The lowest BCUT2D eigenvalue weighted by Gasteiger charge is -2.24. The SMILES string of the molecule is Cc1nc2ccccc2c(N2CC[C@@H](c3ccccc3)C2)c1C(N)=O. The first-order valence-corrected chi connectivity index (χ1v) is 8.64. The summed E-state index contributed by atoms with van der Waals surface area (Å²) in [6, 6.07) is 18.5. The van der Waals surface area contributed by atoms with Crippen LogP contribution in [-0.2, 0) is 0 Å². The highest BCUT2D eigenvalue weighted by atomic mass is 16.1. The summed E-state index contributed by atoms with van der Waals surface area (Å²) in [5, 5.41) is 0.996. The smallest absolute Gasteiger partial charge is 0.252 e. The van der Waals surface area contributed by atoms with Crippen molar-refractivity contribution < 1.29 is 4.79 Å². The second kappa shape index (κ2) is 6.20. The maximum Gasteiger partial charge on any atom is 0.252 e. The third-order valence-corrected chi connectivity index (χ3v) is 5.07. The van der Waals surface area contributed by atoms with Crippen LogP contribution in [0.2, 0.25) is 0 Å². The summed E-state index contributed by atoms with van der Waals surface area (Å²) in [6.07, 6.45) is 1.07. The Labute approximate surface area is 147 Å². The number of aryl methyl sites for hydroxylation is 1. The molecule has 1 saturated heterocycles. The van der Waals surface area contributed by atoms with E-state index in [1.54, 1.807) is 0 Å². The number of hydrogen-bond donors (Lipinski definition) is 1. The summed E-state index contributed by atoms with van der Waals surface area (Å²) in [4.78, 5) is 19.0. The van der Waals surface area contributed by atoms with Gasteiger partial charge in [0.2, 0.25) is 0 Å². The number of aromatic nitrogens is 1. The molecule has 0 saturated carbocycles. The van der Waals surface area contributed by atoms with E-state index in [9.17, 15) is 4.79 Å². The molecule has 1 aromatic heterocycles. The first-order chi connectivity index (χ1) is 12.1. The van der Waals surface area contributed by atoms with Crippen molar-refractivity contribution in [3.05, 3.63) is 71.4 Å². The Balaban J connectivity index is 1.81. The van der Waals surface area contributed by atoms with Gasteiger partial charge in [0.25, 0.3) is 5.91 Å². The fourth-order valence-corrected chi connectivity index (χ4v) is 3.90. The summed E-state index contributed by atoms with van der Waals surface area (Å²) < 4.78 is 0. The Morgan fingerprint density at radius 2 is 1.84 bits per heavy atom. The quantitative estimate of drug-likeness (QED) is 0.797. The number of para-hydroxylation sites is 1. The Morgan fingerprint density at radius 3 is 2.60 bits per heavy atom. The van der Waals surface area contributed by atoms with Crippen LogP contribution in [0, 0.1) is 6.92 Å². The Kier molecular flexibility index (Phi) is 3.88. The van der Waals surface area contributed by atoms with Gasteiger partial charge in [-0.1, -0.05) is 48.5 Å². The number of amides is 1. The molecule has 4 rings (SSSR count). The molecule has 1 atom stereocenters. The number of primary amides is 1. The average molecular weight is 331 g/mol. The zero-order valence-electron chi connectivity index (χ0n) is 14.3. The predicted molar refractivity (Wildman–Crippen MR) is 101 cm³/mol. The van der Waals surface area contributed by atoms with E-state index in [0.717, 1.165) is 36.1 Å². The molecular weight excluding hydrogens is 310 g/mol. The van der Waals surface area contributed by atoms with Crippen LogP contribution in [0.3, 0.4) is 0 Å². The molecule has 1 aliphatic heterocycles. The molecule has 0 unspecified atom stereocenters. The van der Waals surface area contributed by atoms with Gasteiger partial charge in [0.15, 0.2) is 0 Å². The maximum absolute atomic E-state index is 12.2. The van der Waals surface area contributed by atoms with Crippen molar-refractivity contribution in [3.63, 3.8) is 0 Å². The number of fused-ring (bicyclic) bond motifs is 1. The van der Waals surface area contributed by atoms with E-state index in [4.69, 9.17) is 5.73 Å². The van der Waals surface area contributed by atoms with E-state index < -0.39 is 5.91 Å². The number of benzene rings is 2. The molecule has 126 valence electrons. The second-order valence-corrected chi connectivity index (χ2v) is 6.64. The molecule has 4 heteroatoms. The van der Waals surface area contributed by atoms with Gasteiger partial charge in [0.05, 0.1) is 22.5 Å². The molecular formula is C21H21N3O. The predicted octanol–water partition coefficient (Wildman–Crippen LogP) is 3.64. The van der Waals surface area contributed by atoms with Gasteiger partial charge in [0, 0.05) is 24.4 Å². The van der Waals surface area contributed by atoms with E-state index in [1.165, 1.54) is 5.56 Å². The number of nitrogens with two attached hydrogens (primary N) is 1. The largest absolute Gasteiger partial charge is 0.370 e. The lowest BCUT2D eigenvalue weighted by molar-refractivity contribution is 0.1000. The number of pyridine rings is 1. The van der Waals surface area contributed by atoms with Gasteiger partial charge in [-0.3, -0.25) is 9.78 Å². The van der Waals surface area contributed by atoms with Crippen LogP contribution in [0.15, 0.2) is 54.6 Å². The third kappa shape index (κ3) is 2.74. The minimum atomic E-state index is -0.408. The molecule has 4 nitrogen and oxygen atoms in total. The van der Waals surface area contributed by atoms with Crippen molar-refractivity contribution in [1.29, 1.82) is 0 Å².